The fraction of sp³-hybridized carbons (Fsp3) is 0.860. The van der Waals surface area contributed by atoms with Crippen LogP contribution in [0.1, 0.15) is 219 Å². The Morgan fingerprint density at radius 1 is 0.417 bits per heavy atom. The van der Waals surface area contributed by atoms with Gasteiger partial charge in [-0.25, -0.2) is 0 Å². The second-order valence-electron chi connectivity index (χ2n) is 14.1. The zero-order valence-electron chi connectivity index (χ0n) is 32.0. The van der Waals surface area contributed by atoms with Crippen LogP contribution < -0.4 is 0 Å². The van der Waals surface area contributed by atoms with Crippen LogP contribution in [0.3, 0.4) is 0 Å². The molecule has 0 aromatic rings. The van der Waals surface area contributed by atoms with Crippen molar-refractivity contribution in [3.63, 3.8) is 0 Å². The molecule has 48 heavy (non-hydrogen) atoms. The Hall–Kier alpha value is -1.62. The Bertz CT molecular complexity index is 671. The first-order valence-electron chi connectivity index (χ1n) is 20.9. The largest absolute Gasteiger partial charge is 0.463 e. The summed E-state index contributed by atoms with van der Waals surface area (Å²) < 4.78 is 10.3. The van der Waals surface area contributed by atoms with Gasteiger partial charge in [-0.15, -0.1) is 0 Å². The third-order valence-electron chi connectivity index (χ3n) is 9.16. The fourth-order valence-electron chi connectivity index (χ4n) is 5.96. The number of carbonyl (C=O) groups is 2. The van der Waals surface area contributed by atoms with Gasteiger partial charge >= 0.3 is 11.9 Å². The van der Waals surface area contributed by atoms with Gasteiger partial charge in [-0.2, -0.15) is 0 Å². The first-order chi connectivity index (χ1) is 23.6. The van der Waals surface area contributed by atoms with Gasteiger partial charge in [0.05, 0.1) is 0 Å². The van der Waals surface area contributed by atoms with E-state index in [1.807, 2.05) is 0 Å². The molecular weight excluding hydrogens is 596 g/mol. The van der Waals surface area contributed by atoms with Crippen molar-refractivity contribution >= 4 is 11.9 Å². The molecule has 0 aliphatic rings. The molecular formula is C43H80O5. The van der Waals surface area contributed by atoms with Crippen LogP contribution in [-0.4, -0.2) is 36.4 Å². The first kappa shape index (κ1) is 46.4. The van der Waals surface area contributed by atoms with Crippen molar-refractivity contribution in [3.05, 3.63) is 24.3 Å². The highest BCUT2D eigenvalue weighted by Crippen LogP contribution is 2.13. The molecule has 0 unspecified atom stereocenters. The minimum atomic E-state index is -0.964. The quantitative estimate of drug-likeness (QED) is 0.0400. The molecule has 1 N–H and O–H groups in total. The minimum absolute atomic E-state index is 0.117. The normalized spacial score (nSPS) is 12.3. The molecule has 0 saturated carbocycles. The predicted molar refractivity (Wildman–Crippen MR) is 205 cm³/mol. The van der Waals surface area contributed by atoms with E-state index in [9.17, 15) is 14.7 Å². The van der Waals surface area contributed by atoms with Crippen molar-refractivity contribution in [3.8, 4) is 0 Å². The monoisotopic (exact) mass is 677 g/mol. The van der Waals surface area contributed by atoms with Gasteiger partial charge in [-0.05, 0) is 64.2 Å². The summed E-state index contributed by atoms with van der Waals surface area (Å²) in [5.74, 6) is -0.568. The molecule has 5 nitrogen and oxygen atoms in total. The number of carbonyl (C=O) groups excluding carboxylic acids is 2. The highest BCUT2D eigenvalue weighted by atomic mass is 16.6. The third kappa shape index (κ3) is 38.8. The van der Waals surface area contributed by atoms with E-state index in [1.165, 1.54) is 154 Å². The van der Waals surface area contributed by atoms with Crippen molar-refractivity contribution in [2.45, 2.75) is 225 Å². The Morgan fingerprint density at radius 3 is 0.958 bits per heavy atom. The number of aliphatic hydroxyl groups excluding tert-OH is 1. The summed E-state index contributed by atoms with van der Waals surface area (Å²) in [6, 6.07) is 0. The zero-order valence-corrected chi connectivity index (χ0v) is 32.0. The summed E-state index contributed by atoms with van der Waals surface area (Å²) in [6.45, 7) is 4.30. The van der Waals surface area contributed by atoms with Crippen LogP contribution in [0, 0.1) is 0 Å². The van der Waals surface area contributed by atoms with Gasteiger partial charge in [-0.1, -0.05) is 167 Å². The van der Waals surface area contributed by atoms with E-state index in [2.05, 4.69) is 38.2 Å². The van der Waals surface area contributed by atoms with Crippen molar-refractivity contribution in [1.82, 2.24) is 0 Å². The van der Waals surface area contributed by atoms with Crippen molar-refractivity contribution in [2.24, 2.45) is 0 Å². The smallest absolute Gasteiger partial charge is 0.305 e. The van der Waals surface area contributed by atoms with Gasteiger partial charge in [-0.3, -0.25) is 9.59 Å². The second-order valence-corrected chi connectivity index (χ2v) is 14.1. The lowest BCUT2D eigenvalue weighted by molar-refractivity contribution is -0.152. The Balaban J connectivity index is 3.42. The molecule has 0 spiro atoms. The van der Waals surface area contributed by atoms with E-state index in [0.29, 0.717) is 12.8 Å². The first-order valence-corrected chi connectivity index (χ1v) is 20.9. The number of ether oxygens (including phenoxy) is 2. The van der Waals surface area contributed by atoms with Crippen molar-refractivity contribution in [2.75, 3.05) is 13.2 Å². The van der Waals surface area contributed by atoms with Gasteiger partial charge in [0.25, 0.3) is 0 Å². The van der Waals surface area contributed by atoms with Crippen LogP contribution in [0.15, 0.2) is 24.3 Å². The molecule has 0 aliphatic carbocycles. The minimum Gasteiger partial charge on any atom is -0.463 e. The van der Waals surface area contributed by atoms with Crippen molar-refractivity contribution in [1.29, 1.82) is 0 Å². The number of rotatable bonds is 38. The van der Waals surface area contributed by atoms with Crippen LogP contribution >= 0.6 is 0 Å². The summed E-state index contributed by atoms with van der Waals surface area (Å²) in [5.41, 5.74) is 0. The number of aliphatic hydroxyl groups is 1. The van der Waals surface area contributed by atoms with E-state index in [4.69, 9.17) is 9.47 Å². The topological polar surface area (TPSA) is 72.8 Å². The van der Waals surface area contributed by atoms with Crippen LogP contribution in [-0.2, 0) is 19.1 Å². The van der Waals surface area contributed by atoms with Crippen LogP contribution in [0.25, 0.3) is 0 Å². The van der Waals surface area contributed by atoms with Gasteiger partial charge in [0.2, 0.25) is 0 Å². The van der Waals surface area contributed by atoms with E-state index < -0.39 is 6.10 Å². The average Bonchev–Trinajstić information content (AvgIpc) is 3.09. The van der Waals surface area contributed by atoms with E-state index in [-0.39, 0.29) is 25.2 Å². The van der Waals surface area contributed by atoms with E-state index in [1.54, 1.807) is 0 Å². The number of hydrogen-bond acceptors (Lipinski definition) is 5. The zero-order chi connectivity index (χ0) is 35.0. The molecule has 5 heteroatoms. The molecule has 0 rings (SSSR count). The molecule has 0 radical (unpaired) electrons. The number of hydrogen-bond donors (Lipinski definition) is 1. The maximum absolute atomic E-state index is 12.0. The summed E-state index contributed by atoms with van der Waals surface area (Å²) in [6.07, 6.45) is 46.6. The van der Waals surface area contributed by atoms with E-state index in [0.717, 1.165) is 38.5 Å². The molecule has 282 valence electrons. The van der Waals surface area contributed by atoms with Gasteiger partial charge in [0.1, 0.15) is 19.3 Å². The van der Waals surface area contributed by atoms with Crippen LogP contribution in [0.5, 0.6) is 0 Å². The van der Waals surface area contributed by atoms with Crippen LogP contribution in [0.4, 0.5) is 0 Å². The molecule has 0 fully saturated rings. The van der Waals surface area contributed by atoms with Crippen molar-refractivity contribution < 1.29 is 24.2 Å². The van der Waals surface area contributed by atoms with Gasteiger partial charge in [0, 0.05) is 12.8 Å². The predicted octanol–water partition coefficient (Wildman–Crippen LogP) is 13.1. The second kappa shape index (κ2) is 39.8. The molecule has 0 saturated heterocycles. The Kier molecular flexibility index (Phi) is 38.5. The van der Waals surface area contributed by atoms with E-state index >= 15 is 0 Å². The number of unbranched alkanes of at least 4 members (excludes halogenated alkanes) is 26. The fourth-order valence-corrected chi connectivity index (χ4v) is 5.96. The Labute approximate surface area is 298 Å². The lowest BCUT2D eigenvalue weighted by Crippen LogP contribution is -2.25. The highest BCUT2D eigenvalue weighted by Gasteiger charge is 2.12. The SMILES string of the molecule is CCCCCCCCC=CCCCCCCCCCC(=O)OCC(O)COC(=O)CCCCCCCCCC=CCCCCCCCC. The average molecular weight is 677 g/mol. The maximum Gasteiger partial charge on any atom is 0.305 e. The molecule has 0 aromatic carbocycles. The standard InChI is InChI=1S/C43H80O5/c1-3-5-7-9-11-13-15-17-19-21-23-25-27-29-31-33-35-37-42(45)47-39-41(44)40-48-43(46)38-36-34-32-30-28-26-24-22-20-18-16-14-12-10-8-6-4-2/h17-20,41,44H,3-16,21-40H2,1-2H3. The molecule has 0 aromatic heterocycles. The van der Waals surface area contributed by atoms with Gasteiger partial charge < -0.3 is 14.6 Å². The molecule has 0 aliphatic heterocycles. The third-order valence-corrected chi connectivity index (χ3v) is 9.16. The molecule has 0 heterocycles. The molecule has 0 bridgehead atoms. The Morgan fingerprint density at radius 2 is 0.667 bits per heavy atom. The molecule has 0 amide bonds. The summed E-state index contributed by atoms with van der Waals surface area (Å²) >= 11 is 0. The van der Waals surface area contributed by atoms with Gasteiger partial charge in [0.15, 0.2) is 0 Å². The summed E-state index contributed by atoms with van der Waals surface area (Å²) in [4.78, 5) is 24.0. The number of esters is 2. The lowest BCUT2D eigenvalue weighted by Gasteiger charge is -2.12. The summed E-state index contributed by atoms with van der Waals surface area (Å²) in [5, 5.41) is 10.0. The van der Waals surface area contributed by atoms with Crippen LogP contribution in [0.2, 0.25) is 0 Å². The highest BCUT2D eigenvalue weighted by molar-refractivity contribution is 5.69. The summed E-state index contributed by atoms with van der Waals surface area (Å²) in [7, 11) is 0. The maximum atomic E-state index is 12.0. The number of allylic oxidation sites excluding steroid dienone is 4. The molecule has 0 atom stereocenters. The lowest BCUT2D eigenvalue weighted by atomic mass is 10.1.